The molecule has 0 heterocycles. The zero-order valence-corrected chi connectivity index (χ0v) is 9.27. The molecule has 0 radical (unpaired) electrons. The van der Waals surface area contributed by atoms with Gasteiger partial charge in [-0.3, -0.25) is 4.79 Å². The molecule has 2 N–H and O–H groups in total. The van der Waals surface area contributed by atoms with E-state index in [4.69, 9.17) is 10.6 Å². The number of nitrogens with two attached hydrogens (primary N) is 1. The van der Waals surface area contributed by atoms with Crippen LogP contribution in [0.5, 0.6) is 0 Å². The number of carbonyl (C=O) groups is 2. The van der Waals surface area contributed by atoms with Crippen molar-refractivity contribution in [1.29, 1.82) is 0 Å². The molecule has 1 aromatic rings. The van der Waals surface area contributed by atoms with Gasteiger partial charge >= 0.3 is 5.97 Å². The van der Waals surface area contributed by atoms with Gasteiger partial charge in [-0.25, -0.2) is 4.79 Å². The molecule has 86 valence electrons. The quantitative estimate of drug-likeness (QED) is 0.603. The van der Waals surface area contributed by atoms with Crippen LogP contribution in [0.1, 0.15) is 23.7 Å². The fourth-order valence-corrected chi connectivity index (χ4v) is 1.07. The van der Waals surface area contributed by atoms with Crippen molar-refractivity contribution in [2.75, 3.05) is 12.8 Å². The van der Waals surface area contributed by atoms with Gasteiger partial charge in [0.15, 0.2) is 0 Å². The molecule has 1 aromatic carbocycles. The third-order valence-electron chi connectivity index (χ3n) is 1.97. The highest BCUT2D eigenvalue weighted by atomic mass is 16.7. The summed E-state index contributed by atoms with van der Waals surface area (Å²) in [6.45, 7) is 1.66. The molecule has 0 aliphatic rings. The molecule has 1 amide bonds. The minimum Gasteiger partial charge on any atom is -0.399 e. The first-order valence-corrected chi connectivity index (χ1v) is 4.89. The molecule has 0 saturated carbocycles. The monoisotopic (exact) mass is 222 g/mol. The van der Waals surface area contributed by atoms with E-state index in [2.05, 4.69) is 0 Å². The second-order valence-corrected chi connectivity index (χ2v) is 3.24. The maximum Gasteiger partial charge on any atom is 0.332 e. The van der Waals surface area contributed by atoms with E-state index in [9.17, 15) is 9.59 Å². The summed E-state index contributed by atoms with van der Waals surface area (Å²) >= 11 is 0. The fraction of sp³-hybridized carbons (Fsp3) is 0.273. The van der Waals surface area contributed by atoms with Crippen LogP contribution in [0.25, 0.3) is 0 Å². The summed E-state index contributed by atoms with van der Waals surface area (Å²) in [5.41, 5.74) is 6.49. The molecule has 16 heavy (non-hydrogen) atoms. The van der Waals surface area contributed by atoms with Gasteiger partial charge in [0.05, 0.1) is 0 Å². The van der Waals surface area contributed by atoms with E-state index in [1.165, 1.54) is 7.05 Å². The molecule has 1 rings (SSSR count). The van der Waals surface area contributed by atoms with Crippen LogP contribution in [0.15, 0.2) is 24.3 Å². The smallest absolute Gasteiger partial charge is 0.332 e. The fourth-order valence-electron chi connectivity index (χ4n) is 1.07. The molecular formula is C11H14N2O3. The Balaban J connectivity index is 2.70. The minimum atomic E-state index is -0.453. The topological polar surface area (TPSA) is 72.6 Å². The SMILES string of the molecule is CCC(=O)ON(C)C(=O)c1ccc(N)cc1. The number of nitrogen functional groups attached to an aromatic ring is 1. The number of nitrogens with zero attached hydrogens (tertiary/aromatic N) is 1. The van der Waals surface area contributed by atoms with Gasteiger partial charge in [-0.05, 0) is 24.3 Å². The Morgan fingerprint density at radius 3 is 2.38 bits per heavy atom. The highest BCUT2D eigenvalue weighted by molar-refractivity contribution is 5.94. The van der Waals surface area contributed by atoms with Gasteiger partial charge in [-0.15, -0.1) is 0 Å². The van der Waals surface area contributed by atoms with Gasteiger partial charge < -0.3 is 10.6 Å². The second kappa shape index (κ2) is 5.16. The Bertz CT molecular complexity index is 387. The van der Waals surface area contributed by atoms with Crippen LogP contribution in [0.2, 0.25) is 0 Å². The number of amides is 1. The molecule has 5 heteroatoms. The summed E-state index contributed by atoms with van der Waals surface area (Å²) in [5, 5.41) is 0.914. The Labute approximate surface area is 93.7 Å². The van der Waals surface area contributed by atoms with Crippen LogP contribution < -0.4 is 5.73 Å². The maximum atomic E-state index is 11.7. The third kappa shape index (κ3) is 2.98. The van der Waals surface area contributed by atoms with Crippen molar-refractivity contribution >= 4 is 17.6 Å². The molecule has 0 aliphatic carbocycles. The molecule has 0 bridgehead atoms. The van der Waals surface area contributed by atoms with Gasteiger partial charge in [0.2, 0.25) is 0 Å². The van der Waals surface area contributed by atoms with E-state index in [-0.39, 0.29) is 12.3 Å². The molecular weight excluding hydrogens is 208 g/mol. The van der Waals surface area contributed by atoms with E-state index in [0.717, 1.165) is 5.06 Å². The normalized spacial score (nSPS) is 9.62. The van der Waals surface area contributed by atoms with E-state index in [0.29, 0.717) is 11.3 Å². The van der Waals surface area contributed by atoms with Gasteiger partial charge in [0.1, 0.15) is 0 Å². The van der Waals surface area contributed by atoms with Crippen molar-refractivity contribution in [2.45, 2.75) is 13.3 Å². The number of benzene rings is 1. The number of rotatable bonds is 2. The number of hydrogen-bond donors (Lipinski definition) is 1. The molecule has 0 fully saturated rings. The summed E-state index contributed by atoms with van der Waals surface area (Å²) in [6.07, 6.45) is 0.222. The number of hydroxylamine groups is 2. The molecule has 0 atom stereocenters. The van der Waals surface area contributed by atoms with Crippen LogP contribution in [0, 0.1) is 0 Å². The van der Waals surface area contributed by atoms with Crippen molar-refractivity contribution in [3.8, 4) is 0 Å². The van der Waals surface area contributed by atoms with E-state index >= 15 is 0 Å². The first-order chi connectivity index (χ1) is 7.54. The van der Waals surface area contributed by atoms with E-state index < -0.39 is 5.97 Å². The largest absolute Gasteiger partial charge is 0.399 e. The predicted molar refractivity (Wildman–Crippen MR) is 59.3 cm³/mol. The first-order valence-electron chi connectivity index (χ1n) is 4.89. The highest BCUT2D eigenvalue weighted by Gasteiger charge is 2.14. The van der Waals surface area contributed by atoms with Gasteiger partial charge in [-0.1, -0.05) is 6.92 Å². The summed E-state index contributed by atoms with van der Waals surface area (Å²) in [6, 6.07) is 6.38. The molecule has 0 aliphatic heterocycles. The van der Waals surface area contributed by atoms with Crippen LogP contribution in [-0.2, 0) is 9.63 Å². The van der Waals surface area contributed by atoms with Crippen molar-refractivity contribution in [3.63, 3.8) is 0 Å². The Morgan fingerprint density at radius 1 is 1.31 bits per heavy atom. The van der Waals surface area contributed by atoms with Crippen LogP contribution >= 0.6 is 0 Å². The van der Waals surface area contributed by atoms with Crippen molar-refractivity contribution in [1.82, 2.24) is 5.06 Å². The lowest BCUT2D eigenvalue weighted by molar-refractivity contribution is -0.172. The Kier molecular flexibility index (Phi) is 3.88. The van der Waals surface area contributed by atoms with Crippen molar-refractivity contribution in [3.05, 3.63) is 29.8 Å². The minimum absolute atomic E-state index is 0.222. The van der Waals surface area contributed by atoms with Gasteiger partial charge in [-0.2, -0.15) is 5.06 Å². The van der Waals surface area contributed by atoms with Crippen molar-refractivity contribution in [2.24, 2.45) is 0 Å². The lowest BCUT2D eigenvalue weighted by Gasteiger charge is -2.15. The van der Waals surface area contributed by atoms with Crippen LogP contribution in [0.3, 0.4) is 0 Å². The zero-order valence-electron chi connectivity index (χ0n) is 9.27. The van der Waals surface area contributed by atoms with E-state index in [1.54, 1.807) is 31.2 Å². The summed E-state index contributed by atoms with van der Waals surface area (Å²) in [5.74, 6) is -0.840. The second-order valence-electron chi connectivity index (χ2n) is 3.24. The first kappa shape index (κ1) is 12.0. The zero-order chi connectivity index (χ0) is 12.1. The average molecular weight is 222 g/mol. The molecule has 0 saturated heterocycles. The molecule has 5 nitrogen and oxygen atoms in total. The number of carbonyl (C=O) groups excluding carboxylic acids is 2. The van der Waals surface area contributed by atoms with Crippen LogP contribution in [-0.4, -0.2) is 24.0 Å². The third-order valence-corrected chi connectivity index (χ3v) is 1.97. The van der Waals surface area contributed by atoms with Crippen molar-refractivity contribution < 1.29 is 14.4 Å². The maximum absolute atomic E-state index is 11.7. The standard InChI is InChI=1S/C11H14N2O3/c1-3-10(14)16-13(2)11(15)8-4-6-9(12)7-5-8/h4-7H,3,12H2,1-2H3. The molecule has 0 spiro atoms. The summed E-state index contributed by atoms with van der Waals surface area (Å²) in [4.78, 5) is 27.5. The molecule has 0 aromatic heterocycles. The lowest BCUT2D eigenvalue weighted by atomic mass is 10.2. The lowest BCUT2D eigenvalue weighted by Crippen LogP contribution is -2.29. The van der Waals surface area contributed by atoms with E-state index in [1.807, 2.05) is 0 Å². The molecule has 0 unspecified atom stereocenters. The Morgan fingerprint density at radius 2 is 1.88 bits per heavy atom. The van der Waals surface area contributed by atoms with Gasteiger partial charge in [0.25, 0.3) is 5.91 Å². The van der Waals surface area contributed by atoms with Crippen LogP contribution in [0.4, 0.5) is 5.69 Å². The number of anilines is 1. The predicted octanol–water partition coefficient (Wildman–Crippen LogP) is 1.21. The summed E-state index contributed by atoms with van der Waals surface area (Å²) < 4.78 is 0. The number of hydrogen-bond acceptors (Lipinski definition) is 4. The average Bonchev–Trinajstić information content (AvgIpc) is 2.28. The summed E-state index contributed by atoms with van der Waals surface area (Å²) in [7, 11) is 1.40. The Hall–Kier alpha value is -2.04. The highest BCUT2D eigenvalue weighted by Crippen LogP contribution is 2.08. The van der Waals surface area contributed by atoms with Gasteiger partial charge in [0, 0.05) is 24.7 Å².